The number of benzene rings is 3. The van der Waals surface area contributed by atoms with E-state index >= 15 is 0 Å². The molecular formula is C28H29BrN2O4. The van der Waals surface area contributed by atoms with Gasteiger partial charge in [-0.2, -0.15) is 0 Å². The molecule has 0 bridgehead atoms. The molecule has 2 amide bonds. The van der Waals surface area contributed by atoms with Crippen LogP contribution in [0.15, 0.2) is 89.4 Å². The topological polar surface area (TPSA) is 75.7 Å². The van der Waals surface area contributed by atoms with E-state index in [1.54, 1.807) is 29.2 Å². The van der Waals surface area contributed by atoms with Gasteiger partial charge in [0, 0.05) is 17.6 Å². The predicted octanol–water partition coefficient (Wildman–Crippen LogP) is 4.98. The summed E-state index contributed by atoms with van der Waals surface area (Å²) in [5.41, 5.74) is 2.37. The maximum absolute atomic E-state index is 13.1. The third-order valence-electron chi connectivity index (χ3n) is 5.45. The minimum absolute atomic E-state index is 0.228. The Morgan fingerprint density at radius 3 is 1.86 bits per heavy atom. The Balaban J connectivity index is 1.66. The van der Waals surface area contributed by atoms with Gasteiger partial charge in [-0.25, -0.2) is 4.79 Å². The van der Waals surface area contributed by atoms with Gasteiger partial charge in [0.05, 0.1) is 5.56 Å². The first kappa shape index (κ1) is 26.2. The number of hydrogen-bond donors (Lipinski definition) is 1. The van der Waals surface area contributed by atoms with Gasteiger partial charge >= 0.3 is 5.97 Å². The molecule has 0 saturated heterocycles. The van der Waals surface area contributed by atoms with E-state index in [4.69, 9.17) is 4.74 Å². The lowest BCUT2D eigenvalue weighted by atomic mass is 10.0. The number of nitrogens with zero attached hydrogens (tertiary/aromatic N) is 1. The Morgan fingerprint density at radius 1 is 0.829 bits per heavy atom. The monoisotopic (exact) mass is 536 g/mol. The van der Waals surface area contributed by atoms with E-state index in [9.17, 15) is 14.4 Å². The number of carbonyl (C=O) groups is 3. The molecule has 182 valence electrons. The van der Waals surface area contributed by atoms with Crippen LogP contribution in [0.5, 0.6) is 0 Å². The number of carbonyl (C=O) groups excluding carboxylic acids is 3. The van der Waals surface area contributed by atoms with Crippen molar-refractivity contribution in [2.75, 3.05) is 6.61 Å². The number of rotatable bonds is 10. The van der Waals surface area contributed by atoms with Crippen molar-refractivity contribution < 1.29 is 19.1 Å². The van der Waals surface area contributed by atoms with E-state index in [0.717, 1.165) is 11.1 Å². The average Bonchev–Trinajstić information content (AvgIpc) is 2.86. The van der Waals surface area contributed by atoms with Crippen molar-refractivity contribution in [1.82, 2.24) is 10.2 Å². The molecule has 1 N–H and O–H groups in total. The highest BCUT2D eigenvalue weighted by Gasteiger charge is 2.28. The van der Waals surface area contributed by atoms with Gasteiger partial charge in [-0.15, -0.1) is 0 Å². The molecule has 1 atom stereocenters. The number of esters is 1. The highest BCUT2D eigenvalue weighted by atomic mass is 79.9. The van der Waals surface area contributed by atoms with Gasteiger partial charge in [-0.3, -0.25) is 9.59 Å². The molecule has 0 unspecified atom stereocenters. The van der Waals surface area contributed by atoms with Crippen LogP contribution in [-0.4, -0.2) is 35.3 Å². The van der Waals surface area contributed by atoms with Crippen molar-refractivity contribution in [2.24, 2.45) is 5.92 Å². The molecule has 3 rings (SSSR count). The number of amides is 2. The molecule has 0 fully saturated rings. The molecule has 0 aromatic heterocycles. The maximum Gasteiger partial charge on any atom is 0.329 e. The summed E-state index contributed by atoms with van der Waals surface area (Å²) in [6, 6.07) is 25.4. The van der Waals surface area contributed by atoms with Crippen molar-refractivity contribution in [3.05, 3.63) is 106 Å². The first-order valence-electron chi connectivity index (χ1n) is 11.4. The fraction of sp³-hybridized carbons (Fsp3) is 0.250. The van der Waals surface area contributed by atoms with Gasteiger partial charge in [0.15, 0.2) is 6.61 Å². The average molecular weight is 537 g/mol. The van der Waals surface area contributed by atoms with Gasteiger partial charge in [0.1, 0.15) is 6.04 Å². The van der Waals surface area contributed by atoms with Crippen LogP contribution in [0.25, 0.3) is 0 Å². The van der Waals surface area contributed by atoms with Gasteiger partial charge < -0.3 is 15.0 Å². The number of halogens is 1. The molecule has 6 nitrogen and oxygen atoms in total. The van der Waals surface area contributed by atoms with Crippen molar-refractivity contribution >= 4 is 33.7 Å². The summed E-state index contributed by atoms with van der Waals surface area (Å²) in [6.07, 6.45) is 0. The molecule has 0 aliphatic rings. The third kappa shape index (κ3) is 7.79. The summed E-state index contributed by atoms with van der Waals surface area (Å²) in [5, 5.41) is 2.74. The summed E-state index contributed by atoms with van der Waals surface area (Å²) < 4.78 is 6.02. The van der Waals surface area contributed by atoms with Crippen LogP contribution in [0.2, 0.25) is 0 Å². The summed E-state index contributed by atoms with van der Waals surface area (Å²) in [4.78, 5) is 40.3. The number of nitrogens with one attached hydrogen (secondary N) is 1. The van der Waals surface area contributed by atoms with Crippen LogP contribution in [-0.2, 0) is 27.4 Å². The number of hydrogen-bond acceptors (Lipinski definition) is 4. The van der Waals surface area contributed by atoms with Crippen LogP contribution in [0.3, 0.4) is 0 Å². The van der Waals surface area contributed by atoms with E-state index in [0.29, 0.717) is 23.1 Å². The van der Waals surface area contributed by atoms with Crippen molar-refractivity contribution in [1.29, 1.82) is 0 Å². The maximum atomic E-state index is 13.1. The van der Waals surface area contributed by atoms with E-state index in [1.807, 2.05) is 74.5 Å². The molecule has 0 heterocycles. The van der Waals surface area contributed by atoms with Crippen LogP contribution in [0.4, 0.5) is 0 Å². The van der Waals surface area contributed by atoms with E-state index < -0.39 is 24.5 Å². The zero-order chi connectivity index (χ0) is 25.2. The van der Waals surface area contributed by atoms with Crippen LogP contribution >= 0.6 is 15.9 Å². The lowest BCUT2D eigenvalue weighted by Crippen LogP contribution is -2.46. The molecular weight excluding hydrogens is 508 g/mol. The molecule has 0 radical (unpaired) electrons. The smallest absolute Gasteiger partial charge is 0.329 e. The molecule has 0 saturated carbocycles. The minimum Gasteiger partial charge on any atom is -0.454 e. The van der Waals surface area contributed by atoms with Crippen molar-refractivity contribution in [3.63, 3.8) is 0 Å². The summed E-state index contributed by atoms with van der Waals surface area (Å²) in [7, 11) is 0. The van der Waals surface area contributed by atoms with Gasteiger partial charge in [-0.05, 0) is 45.1 Å². The van der Waals surface area contributed by atoms with E-state index in [-0.39, 0.29) is 11.8 Å². The Morgan fingerprint density at radius 2 is 1.34 bits per heavy atom. The van der Waals surface area contributed by atoms with Crippen molar-refractivity contribution in [3.8, 4) is 0 Å². The standard InChI is InChI=1S/C28H29BrN2O4/c1-20(2)26(30-27(33)23-15-9-10-16-24(23)29)28(34)35-19-25(32)31(17-21-11-5-3-6-12-21)18-22-13-7-4-8-14-22/h3-16,20,26H,17-19H2,1-2H3,(H,30,33)/t26-/m0/s1. The van der Waals surface area contributed by atoms with Gasteiger partial charge in [0.2, 0.25) is 0 Å². The fourth-order valence-corrected chi connectivity index (χ4v) is 3.98. The van der Waals surface area contributed by atoms with Crippen LogP contribution in [0, 0.1) is 5.92 Å². The Labute approximate surface area is 214 Å². The molecule has 0 aliphatic heterocycles. The highest BCUT2D eigenvalue weighted by molar-refractivity contribution is 9.10. The zero-order valence-corrected chi connectivity index (χ0v) is 21.4. The molecule has 7 heteroatoms. The first-order valence-corrected chi connectivity index (χ1v) is 12.2. The normalized spacial score (nSPS) is 11.5. The lowest BCUT2D eigenvalue weighted by Gasteiger charge is -2.25. The van der Waals surface area contributed by atoms with Crippen LogP contribution < -0.4 is 5.32 Å². The fourth-order valence-electron chi connectivity index (χ4n) is 3.52. The molecule has 3 aromatic rings. The lowest BCUT2D eigenvalue weighted by molar-refractivity contribution is -0.155. The summed E-state index contributed by atoms with van der Waals surface area (Å²) in [6.45, 7) is 3.99. The summed E-state index contributed by atoms with van der Waals surface area (Å²) in [5.74, 6) is -1.58. The molecule has 0 aliphatic carbocycles. The third-order valence-corrected chi connectivity index (χ3v) is 6.14. The Bertz CT molecular complexity index is 1090. The predicted molar refractivity (Wildman–Crippen MR) is 138 cm³/mol. The van der Waals surface area contributed by atoms with Gasteiger partial charge in [0.25, 0.3) is 11.8 Å². The molecule has 0 spiro atoms. The second kappa shape index (κ2) is 12.9. The second-order valence-corrected chi connectivity index (χ2v) is 9.36. The van der Waals surface area contributed by atoms with Gasteiger partial charge in [-0.1, -0.05) is 86.6 Å². The minimum atomic E-state index is -0.890. The van der Waals surface area contributed by atoms with Crippen LogP contribution in [0.1, 0.15) is 35.3 Å². The molecule has 35 heavy (non-hydrogen) atoms. The quantitative estimate of drug-likeness (QED) is 0.371. The Kier molecular flexibility index (Phi) is 9.61. The largest absolute Gasteiger partial charge is 0.454 e. The zero-order valence-electron chi connectivity index (χ0n) is 19.8. The SMILES string of the molecule is CC(C)[C@H](NC(=O)c1ccccc1Br)C(=O)OCC(=O)N(Cc1ccccc1)Cc1ccccc1. The summed E-state index contributed by atoms with van der Waals surface area (Å²) >= 11 is 3.35. The van der Waals surface area contributed by atoms with E-state index in [1.165, 1.54) is 0 Å². The molecule has 3 aromatic carbocycles. The Hall–Kier alpha value is -3.45. The van der Waals surface area contributed by atoms with Crippen molar-refractivity contribution in [2.45, 2.75) is 33.0 Å². The highest BCUT2D eigenvalue weighted by Crippen LogP contribution is 2.17. The first-order chi connectivity index (χ1) is 16.8. The number of ether oxygens (including phenoxy) is 1. The van der Waals surface area contributed by atoms with E-state index in [2.05, 4.69) is 21.2 Å². The second-order valence-electron chi connectivity index (χ2n) is 8.50.